The van der Waals surface area contributed by atoms with Gasteiger partial charge in [-0.1, -0.05) is 36.4 Å². The van der Waals surface area contributed by atoms with Crippen molar-refractivity contribution >= 4 is 56.8 Å². The number of benzene rings is 2. The summed E-state index contributed by atoms with van der Waals surface area (Å²) in [6.07, 6.45) is 6.86. The Labute approximate surface area is 226 Å². The molecule has 0 fully saturated rings. The van der Waals surface area contributed by atoms with E-state index in [1.165, 1.54) is 0 Å². The lowest BCUT2D eigenvalue weighted by Crippen LogP contribution is -2.44. The van der Waals surface area contributed by atoms with Gasteiger partial charge in [0.15, 0.2) is 5.60 Å². The van der Waals surface area contributed by atoms with Gasteiger partial charge in [0.25, 0.3) is 5.91 Å². The summed E-state index contributed by atoms with van der Waals surface area (Å²) in [5, 5.41) is 28.9. The first-order valence-corrected chi connectivity index (χ1v) is 13.2. The summed E-state index contributed by atoms with van der Waals surface area (Å²) in [5.41, 5.74) is 1.55. The zero-order valence-electron chi connectivity index (χ0n) is 18.7. The van der Waals surface area contributed by atoms with E-state index in [0.29, 0.717) is 31.5 Å². The topological polar surface area (TPSA) is 91.5 Å². The molecular weight excluding hydrogens is 658 g/mol. The van der Waals surface area contributed by atoms with Crippen LogP contribution < -0.4 is 4.90 Å². The molecule has 1 aliphatic rings. The molecule has 1 amide bonds. The molecule has 0 unspecified atom stereocenters. The summed E-state index contributed by atoms with van der Waals surface area (Å²) in [5.74, 6) is -0.718. The zero-order valence-corrected chi connectivity index (χ0v) is 23.0. The van der Waals surface area contributed by atoms with Crippen molar-refractivity contribution in [1.29, 1.82) is 0 Å². The molecule has 2 heterocycles. The number of hydrogen-bond donors (Lipinski definition) is 2. The van der Waals surface area contributed by atoms with E-state index >= 15 is 0 Å². The second kappa shape index (κ2) is 10.8. The van der Waals surface area contributed by atoms with Crippen molar-refractivity contribution in [3.63, 3.8) is 0 Å². The first-order chi connectivity index (χ1) is 16.3. The normalized spacial score (nSPS) is 18.6. The van der Waals surface area contributed by atoms with Crippen molar-refractivity contribution in [2.24, 2.45) is 5.92 Å². The van der Waals surface area contributed by atoms with Gasteiger partial charge in [-0.2, -0.15) is 0 Å². The van der Waals surface area contributed by atoms with Crippen molar-refractivity contribution < 1.29 is 15.0 Å². The van der Waals surface area contributed by atoms with E-state index in [4.69, 9.17) is 5.11 Å². The lowest BCUT2D eigenvalue weighted by atomic mass is 9.83. The third kappa shape index (κ3) is 5.21. The van der Waals surface area contributed by atoms with Crippen molar-refractivity contribution in [2.75, 3.05) is 11.5 Å². The molecule has 4 rings (SSSR count). The van der Waals surface area contributed by atoms with Crippen molar-refractivity contribution in [3.8, 4) is 0 Å². The predicted octanol–water partition coefficient (Wildman–Crippen LogP) is 4.04. The molecule has 0 aliphatic carbocycles. The Morgan fingerprint density at radius 3 is 2.62 bits per heavy atom. The van der Waals surface area contributed by atoms with Crippen LogP contribution in [0.15, 0.2) is 60.8 Å². The molecule has 0 spiro atoms. The van der Waals surface area contributed by atoms with Gasteiger partial charge in [0, 0.05) is 44.4 Å². The van der Waals surface area contributed by atoms with E-state index in [-0.39, 0.29) is 12.5 Å². The Hall–Kier alpha value is -1.83. The first-order valence-electron chi connectivity index (χ1n) is 11.1. The number of aromatic nitrogens is 3. The molecule has 0 saturated heterocycles. The number of anilines is 1. The van der Waals surface area contributed by atoms with E-state index < -0.39 is 11.5 Å². The number of halogens is 2. The van der Waals surface area contributed by atoms with Crippen LogP contribution in [-0.2, 0) is 29.9 Å². The van der Waals surface area contributed by atoms with Crippen LogP contribution in [0.25, 0.3) is 0 Å². The summed E-state index contributed by atoms with van der Waals surface area (Å²) < 4.78 is 3.84. The van der Waals surface area contributed by atoms with Gasteiger partial charge in [-0.05, 0) is 87.5 Å². The largest absolute Gasteiger partial charge is 0.396 e. The molecule has 0 saturated carbocycles. The van der Waals surface area contributed by atoms with E-state index in [0.717, 1.165) is 24.1 Å². The fraction of sp³-hybridized carbons (Fsp3) is 0.320. The quantitative estimate of drug-likeness (QED) is 0.263. The van der Waals surface area contributed by atoms with Gasteiger partial charge in [-0.15, -0.1) is 5.10 Å². The van der Waals surface area contributed by atoms with Gasteiger partial charge < -0.3 is 15.1 Å². The van der Waals surface area contributed by atoms with E-state index in [9.17, 15) is 9.90 Å². The molecule has 3 aromatic rings. The summed E-state index contributed by atoms with van der Waals surface area (Å²) in [6, 6.07) is 13.9. The molecule has 0 radical (unpaired) electrons. The lowest BCUT2D eigenvalue weighted by Gasteiger charge is -2.27. The zero-order chi connectivity index (χ0) is 24.3. The number of nitrogens with zero attached hydrogens (tertiary/aromatic N) is 4. The van der Waals surface area contributed by atoms with Crippen LogP contribution in [0.2, 0.25) is 0 Å². The average molecular weight is 684 g/mol. The molecule has 2 atom stereocenters. The average Bonchev–Trinajstić information content (AvgIpc) is 3.35. The molecule has 178 valence electrons. The summed E-state index contributed by atoms with van der Waals surface area (Å²) in [6.45, 7) is 2.96. The number of aryl methyl sites for hydroxylation is 1. The van der Waals surface area contributed by atoms with Crippen LogP contribution in [0.4, 0.5) is 5.69 Å². The van der Waals surface area contributed by atoms with Crippen molar-refractivity contribution in [1.82, 2.24) is 15.0 Å². The van der Waals surface area contributed by atoms with Crippen LogP contribution >= 0.6 is 45.2 Å². The highest BCUT2D eigenvalue weighted by molar-refractivity contribution is 14.1. The molecule has 34 heavy (non-hydrogen) atoms. The van der Waals surface area contributed by atoms with Crippen LogP contribution in [0, 0.1) is 13.1 Å². The second-order valence-corrected chi connectivity index (χ2v) is 10.9. The monoisotopic (exact) mass is 684 g/mol. The lowest BCUT2D eigenvalue weighted by molar-refractivity contribution is -0.139. The summed E-state index contributed by atoms with van der Waals surface area (Å²) in [4.78, 5) is 15.3. The third-order valence-corrected chi connectivity index (χ3v) is 7.44. The minimum atomic E-state index is -1.63. The molecule has 2 N–H and O–H groups in total. The number of rotatable bonds is 9. The predicted molar refractivity (Wildman–Crippen MR) is 147 cm³/mol. The standard InChI is InChI=1S/C25H26I2N4O3/c1-17(4-2-3-12-30-16-21(11-13-32)28-29-30)25(34)22-14-20(27)9-10-23(22)31(24(25)33)15-18-5-7-19(26)8-6-18/h2,4-10,14,16-17,32,34H,3,11-13,15H2,1H3/b4-2+/t17-,25+/m0/s1. The highest BCUT2D eigenvalue weighted by Gasteiger charge is 2.52. The molecule has 1 aromatic heterocycles. The van der Waals surface area contributed by atoms with Crippen LogP contribution in [0.3, 0.4) is 0 Å². The third-order valence-electron chi connectivity index (χ3n) is 6.05. The molecule has 0 bridgehead atoms. The van der Waals surface area contributed by atoms with E-state index in [1.807, 2.05) is 67.7 Å². The SMILES string of the molecule is C[C@@H](/C=C/CCn1cc(CCO)nn1)[C@]1(O)C(=O)N(Cc2ccc(I)cc2)c2ccc(I)cc21. The fourth-order valence-electron chi connectivity index (χ4n) is 4.17. The van der Waals surface area contributed by atoms with Crippen LogP contribution in [0.5, 0.6) is 0 Å². The maximum Gasteiger partial charge on any atom is 0.264 e. The Morgan fingerprint density at radius 1 is 1.15 bits per heavy atom. The Kier molecular flexibility index (Phi) is 8.05. The van der Waals surface area contributed by atoms with E-state index in [2.05, 4.69) is 55.5 Å². The maximum atomic E-state index is 13.6. The smallest absolute Gasteiger partial charge is 0.264 e. The number of carbonyl (C=O) groups is 1. The van der Waals surface area contributed by atoms with E-state index in [1.54, 1.807) is 9.58 Å². The molecular formula is C25H26I2N4O3. The van der Waals surface area contributed by atoms with Gasteiger partial charge >= 0.3 is 0 Å². The second-order valence-electron chi connectivity index (χ2n) is 8.40. The van der Waals surface area contributed by atoms with Crippen LogP contribution in [-0.4, -0.2) is 37.7 Å². The Morgan fingerprint density at radius 2 is 1.88 bits per heavy atom. The molecule has 9 heteroatoms. The van der Waals surface area contributed by atoms with Gasteiger partial charge in [0.2, 0.25) is 0 Å². The summed E-state index contributed by atoms with van der Waals surface area (Å²) >= 11 is 4.47. The van der Waals surface area contributed by atoms with Gasteiger partial charge in [0.1, 0.15) is 0 Å². The molecule has 7 nitrogen and oxygen atoms in total. The number of fused-ring (bicyclic) bond motifs is 1. The van der Waals surface area contributed by atoms with Crippen LogP contribution in [0.1, 0.15) is 30.2 Å². The number of aliphatic hydroxyl groups excluding tert-OH is 1. The number of allylic oxidation sites excluding steroid dienone is 1. The maximum absolute atomic E-state index is 13.6. The van der Waals surface area contributed by atoms with Crippen molar-refractivity contribution in [2.45, 2.75) is 38.5 Å². The highest BCUT2D eigenvalue weighted by Crippen LogP contribution is 2.46. The Bertz CT molecular complexity index is 1200. The summed E-state index contributed by atoms with van der Waals surface area (Å²) in [7, 11) is 0. The van der Waals surface area contributed by atoms with Gasteiger partial charge in [0.05, 0.1) is 17.9 Å². The number of amides is 1. The Balaban J connectivity index is 1.52. The fourth-order valence-corrected chi connectivity index (χ4v) is 5.02. The molecule has 1 aliphatic heterocycles. The van der Waals surface area contributed by atoms with Gasteiger partial charge in [-0.25, -0.2) is 0 Å². The van der Waals surface area contributed by atoms with Gasteiger partial charge in [-0.3, -0.25) is 9.48 Å². The minimum absolute atomic E-state index is 0.0454. The minimum Gasteiger partial charge on any atom is -0.396 e. The highest BCUT2D eigenvalue weighted by atomic mass is 127. The van der Waals surface area contributed by atoms with Crippen molar-refractivity contribution in [3.05, 3.63) is 84.8 Å². The first kappa shape index (κ1) is 25.3. The number of aliphatic hydroxyl groups is 2. The number of carbonyl (C=O) groups excluding carboxylic acids is 1. The number of hydrogen-bond acceptors (Lipinski definition) is 5. The molecule has 2 aromatic carbocycles.